The summed E-state index contributed by atoms with van der Waals surface area (Å²) in [7, 11) is 3.24. The quantitative estimate of drug-likeness (QED) is 0.876. The summed E-state index contributed by atoms with van der Waals surface area (Å²) < 4.78 is 0.530. The summed E-state index contributed by atoms with van der Waals surface area (Å²) in [5, 5.41) is 11.4. The Hall–Kier alpha value is -1.56. The Morgan fingerprint density at radius 2 is 2.00 bits per heavy atom. The van der Waals surface area contributed by atoms with Gasteiger partial charge in [0.2, 0.25) is 0 Å². The zero-order chi connectivity index (χ0) is 12.3. The Balaban J connectivity index is 2.91. The van der Waals surface area contributed by atoms with Crippen molar-refractivity contribution < 1.29 is 14.7 Å². The number of halogens is 1. The molecular formula is C10H11BrN2O3. The Kier molecular flexibility index (Phi) is 3.89. The molecule has 1 aromatic rings. The predicted octanol–water partition coefficient (Wildman–Crippen LogP) is 2.24. The number of hydrogen-bond donors (Lipinski definition) is 2. The Morgan fingerprint density at radius 3 is 2.44 bits per heavy atom. The van der Waals surface area contributed by atoms with Crippen LogP contribution >= 0.6 is 15.9 Å². The summed E-state index contributed by atoms with van der Waals surface area (Å²) in [6.07, 6.45) is 0. The summed E-state index contributed by atoms with van der Waals surface area (Å²) in [6, 6.07) is 4.13. The molecule has 0 heterocycles. The third-order valence-corrected chi connectivity index (χ3v) is 2.52. The minimum absolute atomic E-state index is 0.162. The molecule has 0 aliphatic carbocycles. The van der Waals surface area contributed by atoms with E-state index >= 15 is 0 Å². The van der Waals surface area contributed by atoms with Crippen LogP contribution < -0.4 is 5.32 Å². The first kappa shape index (κ1) is 12.5. The van der Waals surface area contributed by atoms with Crippen molar-refractivity contribution in [1.29, 1.82) is 0 Å². The second-order valence-corrected chi connectivity index (χ2v) is 4.18. The van der Waals surface area contributed by atoms with Crippen molar-refractivity contribution in [3.63, 3.8) is 0 Å². The molecule has 1 rings (SSSR count). The molecule has 0 fully saturated rings. The standard InChI is InChI=1S/C10H11BrN2O3/c1-13(2)10(16)12-8-4-3-6(9(14)15)5-7(8)11/h3-5H,1-2H3,(H,12,16)(H,14,15). The second kappa shape index (κ2) is 4.98. The van der Waals surface area contributed by atoms with Crippen molar-refractivity contribution in [2.45, 2.75) is 0 Å². The molecule has 2 N–H and O–H groups in total. The first-order valence-electron chi connectivity index (χ1n) is 4.43. The zero-order valence-corrected chi connectivity index (χ0v) is 10.4. The van der Waals surface area contributed by atoms with Crippen LogP contribution in [0.15, 0.2) is 22.7 Å². The highest BCUT2D eigenvalue weighted by atomic mass is 79.9. The third kappa shape index (κ3) is 2.96. The molecule has 16 heavy (non-hydrogen) atoms. The van der Waals surface area contributed by atoms with Gasteiger partial charge in [0, 0.05) is 18.6 Å². The van der Waals surface area contributed by atoms with Gasteiger partial charge in [0.15, 0.2) is 0 Å². The van der Waals surface area contributed by atoms with E-state index in [0.717, 1.165) is 0 Å². The lowest BCUT2D eigenvalue weighted by Crippen LogP contribution is -2.27. The van der Waals surface area contributed by atoms with Crippen molar-refractivity contribution in [2.75, 3.05) is 19.4 Å². The van der Waals surface area contributed by atoms with Gasteiger partial charge in [-0.25, -0.2) is 9.59 Å². The molecule has 0 atom stereocenters. The lowest BCUT2D eigenvalue weighted by atomic mass is 10.2. The zero-order valence-electron chi connectivity index (χ0n) is 8.82. The molecule has 0 unspecified atom stereocenters. The lowest BCUT2D eigenvalue weighted by Gasteiger charge is -2.13. The van der Waals surface area contributed by atoms with Crippen LogP contribution in [0.4, 0.5) is 10.5 Å². The van der Waals surface area contributed by atoms with Crippen LogP contribution in [0.5, 0.6) is 0 Å². The van der Waals surface area contributed by atoms with Crippen molar-refractivity contribution in [3.05, 3.63) is 28.2 Å². The van der Waals surface area contributed by atoms with Gasteiger partial charge in [0.05, 0.1) is 11.3 Å². The number of benzene rings is 1. The van der Waals surface area contributed by atoms with Gasteiger partial charge in [-0.15, -0.1) is 0 Å². The maximum atomic E-state index is 11.4. The molecule has 0 aliphatic heterocycles. The molecule has 6 heteroatoms. The number of hydrogen-bond acceptors (Lipinski definition) is 2. The van der Waals surface area contributed by atoms with Gasteiger partial charge < -0.3 is 15.3 Å². The van der Waals surface area contributed by atoms with Gasteiger partial charge in [0.25, 0.3) is 0 Å². The smallest absolute Gasteiger partial charge is 0.335 e. The van der Waals surface area contributed by atoms with E-state index in [0.29, 0.717) is 10.2 Å². The Morgan fingerprint density at radius 1 is 1.38 bits per heavy atom. The highest BCUT2D eigenvalue weighted by Crippen LogP contribution is 2.23. The van der Waals surface area contributed by atoms with Crippen molar-refractivity contribution >= 4 is 33.6 Å². The highest BCUT2D eigenvalue weighted by molar-refractivity contribution is 9.10. The Labute approximate surface area is 101 Å². The molecule has 86 valence electrons. The van der Waals surface area contributed by atoms with Gasteiger partial charge in [-0.3, -0.25) is 0 Å². The number of aromatic carboxylic acids is 1. The largest absolute Gasteiger partial charge is 0.478 e. The highest BCUT2D eigenvalue weighted by Gasteiger charge is 2.09. The molecule has 1 aromatic carbocycles. The van der Waals surface area contributed by atoms with E-state index in [9.17, 15) is 9.59 Å². The number of carboxylic acids is 1. The number of nitrogens with one attached hydrogen (secondary N) is 1. The van der Waals surface area contributed by atoms with Crippen LogP contribution in [0.2, 0.25) is 0 Å². The number of anilines is 1. The first-order chi connectivity index (χ1) is 7.41. The lowest BCUT2D eigenvalue weighted by molar-refractivity contribution is 0.0697. The Bertz CT molecular complexity index is 432. The van der Waals surface area contributed by atoms with Crippen LogP contribution in [-0.4, -0.2) is 36.1 Å². The molecule has 0 bridgehead atoms. The SMILES string of the molecule is CN(C)C(=O)Nc1ccc(C(=O)O)cc1Br. The van der Waals surface area contributed by atoms with Crippen LogP contribution in [0, 0.1) is 0 Å². The fraction of sp³-hybridized carbons (Fsp3) is 0.200. The summed E-state index contributed by atoms with van der Waals surface area (Å²) >= 11 is 3.20. The van der Waals surface area contributed by atoms with Gasteiger partial charge in [-0.2, -0.15) is 0 Å². The predicted molar refractivity (Wildman–Crippen MR) is 63.8 cm³/mol. The summed E-state index contributed by atoms with van der Waals surface area (Å²) in [4.78, 5) is 23.4. The topological polar surface area (TPSA) is 69.6 Å². The maximum Gasteiger partial charge on any atom is 0.335 e. The fourth-order valence-electron chi connectivity index (χ4n) is 0.977. The molecule has 0 radical (unpaired) electrons. The third-order valence-electron chi connectivity index (χ3n) is 1.86. The van der Waals surface area contributed by atoms with Crippen LogP contribution in [0.1, 0.15) is 10.4 Å². The van der Waals surface area contributed by atoms with Crippen molar-refractivity contribution in [1.82, 2.24) is 4.90 Å². The molecule has 5 nitrogen and oxygen atoms in total. The molecule has 0 saturated heterocycles. The summed E-state index contributed by atoms with van der Waals surface area (Å²) in [5.41, 5.74) is 0.693. The van der Waals surface area contributed by atoms with Gasteiger partial charge >= 0.3 is 12.0 Å². The van der Waals surface area contributed by atoms with Gasteiger partial charge in [0.1, 0.15) is 0 Å². The molecular weight excluding hydrogens is 276 g/mol. The van der Waals surface area contributed by atoms with E-state index in [1.54, 1.807) is 14.1 Å². The summed E-state index contributed by atoms with van der Waals surface area (Å²) in [6.45, 7) is 0. The average molecular weight is 287 g/mol. The van der Waals surface area contributed by atoms with E-state index < -0.39 is 5.97 Å². The first-order valence-corrected chi connectivity index (χ1v) is 5.22. The van der Waals surface area contributed by atoms with E-state index in [4.69, 9.17) is 5.11 Å². The minimum Gasteiger partial charge on any atom is -0.478 e. The van der Waals surface area contributed by atoms with Crippen LogP contribution in [0.25, 0.3) is 0 Å². The van der Waals surface area contributed by atoms with E-state index in [1.165, 1.54) is 23.1 Å². The fourth-order valence-corrected chi connectivity index (χ4v) is 1.45. The van der Waals surface area contributed by atoms with Crippen molar-refractivity contribution in [2.24, 2.45) is 0 Å². The minimum atomic E-state index is -1.01. The molecule has 0 aromatic heterocycles. The molecule has 0 spiro atoms. The number of carboxylic acid groups (broad SMARTS) is 1. The number of rotatable bonds is 2. The molecule has 0 saturated carbocycles. The second-order valence-electron chi connectivity index (χ2n) is 3.32. The van der Waals surface area contributed by atoms with Crippen LogP contribution in [0.3, 0.4) is 0 Å². The number of amides is 2. The number of carbonyl (C=O) groups excluding carboxylic acids is 1. The number of urea groups is 1. The average Bonchev–Trinajstić information content (AvgIpc) is 2.20. The van der Waals surface area contributed by atoms with Gasteiger partial charge in [-0.05, 0) is 34.1 Å². The van der Waals surface area contributed by atoms with Crippen LogP contribution in [-0.2, 0) is 0 Å². The number of nitrogens with zero attached hydrogens (tertiary/aromatic N) is 1. The number of carbonyl (C=O) groups is 2. The molecule has 2 amide bonds. The van der Waals surface area contributed by atoms with Gasteiger partial charge in [-0.1, -0.05) is 0 Å². The van der Waals surface area contributed by atoms with E-state index in [-0.39, 0.29) is 11.6 Å². The maximum absolute atomic E-state index is 11.4. The molecule has 0 aliphatic rings. The van der Waals surface area contributed by atoms with E-state index in [2.05, 4.69) is 21.2 Å². The summed E-state index contributed by atoms with van der Waals surface area (Å²) in [5.74, 6) is -1.01. The van der Waals surface area contributed by atoms with E-state index in [1.807, 2.05) is 0 Å². The monoisotopic (exact) mass is 286 g/mol. The van der Waals surface area contributed by atoms with Crippen molar-refractivity contribution in [3.8, 4) is 0 Å². The normalized spacial score (nSPS) is 9.69.